The number of nitrogens with one attached hydrogen (secondary N) is 3. The maximum Gasteiger partial charge on any atom is 0.268 e. The van der Waals surface area contributed by atoms with E-state index in [1.165, 1.54) is 0 Å². The van der Waals surface area contributed by atoms with E-state index in [-0.39, 0.29) is 11.9 Å². The van der Waals surface area contributed by atoms with E-state index in [2.05, 4.69) is 20.3 Å². The first-order chi connectivity index (χ1) is 13.1. The molecule has 136 valence electrons. The van der Waals surface area contributed by atoms with Gasteiger partial charge in [0, 0.05) is 17.0 Å². The number of hydrogen-bond donors (Lipinski definition) is 3. The Morgan fingerprint density at radius 1 is 1.11 bits per heavy atom. The molecule has 2 aromatic heterocycles. The first-order valence-corrected chi connectivity index (χ1v) is 8.72. The lowest BCUT2D eigenvalue weighted by Crippen LogP contribution is -2.27. The average Bonchev–Trinajstić information content (AvgIpc) is 3.35. The Hall–Kier alpha value is -3.54. The predicted molar refractivity (Wildman–Crippen MR) is 105 cm³/mol. The number of H-pyrrole nitrogens is 2. The largest absolute Gasteiger partial charge is 0.497 e. The molecule has 0 aliphatic rings. The van der Waals surface area contributed by atoms with E-state index in [4.69, 9.17) is 4.74 Å². The van der Waals surface area contributed by atoms with Crippen LogP contribution in [-0.2, 0) is 0 Å². The Kier molecular flexibility index (Phi) is 4.38. The summed E-state index contributed by atoms with van der Waals surface area (Å²) in [6, 6.07) is 17.2. The molecular formula is C21H20N4O2. The van der Waals surface area contributed by atoms with E-state index in [0.29, 0.717) is 11.5 Å². The van der Waals surface area contributed by atoms with Crippen molar-refractivity contribution >= 4 is 16.8 Å². The van der Waals surface area contributed by atoms with Crippen molar-refractivity contribution in [2.75, 3.05) is 7.11 Å². The zero-order chi connectivity index (χ0) is 18.8. The second-order valence-corrected chi connectivity index (χ2v) is 6.38. The molecule has 0 bridgehead atoms. The maximum absolute atomic E-state index is 12.6. The third-order valence-corrected chi connectivity index (χ3v) is 4.51. The predicted octanol–water partition coefficient (Wildman–Crippen LogP) is 4.06. The summed E-state index contributed by atoms with van der Waals surface area (Å²) in [7, 11) is 1.62. The van der Waals surface area contributed by atoms with Crippen molar-refractivity contribution in [3.63, 3.8) is 0 Å². The van der Waals surface area contributed by atoms with Crippen LogP contribution in [0.4, 0.5) is 0 Å². The Bertz CT molecular complexity index is 1080. The van der Waals surface area contributed by atoms with Crippen LogP contribution in [0.2, 0.25) is 0 Å². The van der Waals surface area contributed by atoms with Gasteiger partial charge in [-0.25, -0.2) is 4.98 Å². The number of aromatic nitrogens is 3. The van der Waals surface area contributed by atoms with Crippen molar-refractivity contribution in [3.8, 4) is 17.0 Å². The number of nitrogens with zero attached hydrogens (tertiary/aromatic N) is 1. The number of hydrogen-bond acceptors (Lipinski definition) is 3. The van der Waals surface area contributed by atoms with Crippen molar-refractivity contribution in [2.24, 2.45) is 0 Å². The van der Waals surface area contributed by atoms with Gasteiger partial charge >= 0.3 is 0 Å². The molecule has 0 aliphatic heterocycles. The normalized spacial score (nSPS) is 12.1. The molecule has 1 atom stereocenters. The number of carbonyl (C=O) groups excluding carboxylic acids is 1. The molecular weight excluding hydrogens is 340 g/mol. The number of methoxy groups -OCH3 is 1. The van der Waals surface area contributed by atoms with Gasteiger partial charge < -0.3 is 20.0 Å². The van der Waals surface area contributed by atoms with Gasteiger partial charge in [0.1, 0.15) is 17.3 Å². The highest BCUT2D eigenvalue weighted by Crippen LogP contribution is 2.22. The Labute approximate surface area is 156 Å². The van der Waals surface area contributed by atoms with E-state index in [9.17, 15) is 4.79 Å². The topological polar surface area (TPSA) is 82.8 Å². The van der Waals surface area contributed by atoms with Crippen LogP contribution in [0.25, 0.3) is 22.2 Å². The molecule has 0 aliphatic carbocycles. The fourth-order valence-corrected chi connectivity index (χ4v) is 3.02. The van der Waals surface area contributed by atoms with E-state index >= 15 is 0 Å². The van der Waals surface area contributed by atoms with Crippen molar-refractivity contribution in [2.45, 2.75) is 13.0 Å². The highest BCUT2D eigenvalue weighted by molar-refractivity contribution is 5.98. The molecule has 0 fully saturated rings. The van der Waals surface area contributed by atoms with Gasteiger partial charge in [-0.3, -0.25) is 4.79 Å². The van der Waals surface area contributed by atoms with Crippen LogP contribution in [0.15, 0.2) is 60.8 Å². The van der Waals surface area contributed by atoms with Gasteiger partial charge in [0.05, 0.1) is 25.0 Å². The summed E-state index contributed by atoms with van der Waals surface area (Å²) >= 11 is 0. The number of carbonyl (C=O) groups is 1. The minimum atomic E-state index is -0.254. The molecule has 4 rings (SSSR count). The lowest BCUT2D eigenvalue weighted by Gasteiger charge is -2.10. The zero-order valence-corrected chi connectivity index (χ0v) is 15.1. The van der Waals surface area contributed by atoms with Crippen LogP contribution in [0, 0.1) is 0 Å². The van der Waals surface area contributed by atoms with Crippen LogP contribution in [0.5, 0.6) is 5.75 Å². The van der Waals surface area contributed by atoms with E-state index in [0.717, 1.165) is 27.9 Å². The monoisotopic (exact) mass is 360 g/mol. The third-order valence-electron chi connectivity index (χ3n) is 4.51. The van der Waals surface area contributed by atoms with Gasteiger partial charge in [-0.05, 0) is 30.7 Å². The molecule has 0 saturated heterocycles. The maximum atomic E-state index is 12.6. The Morgan fingerprint density at radius 2 is 1.93 bits per heavy atom. The number of amides is 1. The van der Waals surface area contributed by atoms with Gasteiger partial charge in [0.15, 0.2) is 0 Å². The summed E-state index contributed by atoms with van der Waals surface area (Å²) in [4.78, 5) is 23.4. The molecule has 0 radical (unpaired) electrons. The van der Waals surface area contributed by atoms with Gasteiger partial charge in [-0.1, -0.05) is 30.3 Å². The SMILES string of the molecule is COc1ccc2cc(C(=O)NC(C)c3ncc(-c4ccccc4)[nH]3)[nH]c2c1. The van der Waals surface area contributed by atoms with Crippen LogP contribution < -0.4 is 10.1 Å². The Balaban J connectivity index is 1.50. The standard InChI is InChI=1S/C21H20N4O2/c1-13(20-22-12-19(25-20)14-6-4-3-5-7-14)23-21(26)18-10-15-8-9-16(27-2)11-17(15)24-18/h3-13,24H,1-2H3,(H,22,25)(H,23,26). The molecule has 0 spiro atoms. The van der Waals surface area contributed by atoms with Crippen molar-refractivity contribution in [1.82, 2.24) is 20.3 Å². The molecule has 2 heterocycles. The average molecular weight is 360 g/mol. The molecule has 2 aromatic carbocycles. The molecule has 6 heteroatoms. The molecule has 1 unspecified atom stereocenters. The number of benzene rings is 2. The summed E-state index contributed by atoms with van der Waals surface area (Å²) < 4.78 is 5.22. The van der Waals surface area contributed by atoms with Gasteiger partial charge in [-0.15, -0.1) is 0 Å². The second kappa shape index (κ2) is 6.99. The van der Waals surface area contributed by atoms with Crippen LogP contribution in [0.3, 0.4) is 0 Å². The highest BCUT2D eigenvalue weighted by Gasteiger charge is 2.16. The van der Waals surface area contributed by atoms with Gasteiger partial charge in [0.25, 0.3) is 5.91 Å². The third kappa shape index (κ3) is 3.42. The van der Waals surface area contributed by atoms with Crippen molar-refractivity contribution in [3.05, 3.63) is 72.3 Å². The summed E-state index contributed by atoms with van der Waals surface area (Å²) in [5, 5.41) is 3.93. The summed E-state index contributed by atoms with van der Waals surface area (Å²) in [6.45, 7) is 1.90. The van der Waals surface area contributed by atoms with E-state index in [1.54, 1.807) is 13.3 Å². The Morgan fingerprint density at radius 3 is 2.70 bits per heavy atom. The summed E-state index contributed by atoms with van der Waals surface area (Å²) in [5.41, 5.74) is 3.33. The van der Waals surface area contributed by atoms with Crippen LogP contribution in [-0.4, -0.2) is 28.0 Å². The fraction of sp³-hybridized carbons (Fsp3) is 0.143. The van der Waals surface area contributed by atoms with Crippen LogP contribution in [0.1, 0.15) is 29.3 Å². The molecule has 4 aromatic rings. The van der Waals surface area contributed by atoms with Crippen molar-refractivity contribution in [1.29, 1.82) is 0 Å². The summed E-state index contributed by atoms with van der Waals surface area (Å²) in [5.74, 6) is 1.27. The zero-order valence-electron chi connectivity index (χ0n) is 15.1. The number of imidazole rings is 1. The molecule has 27 heavy (non-hydrogen) atoms. The minimum Gasteiger partial charge on any atom is -0.497 e. The van der Waals surface area contributed by atoms with E-state index in [1.807, 2.05) is 61.5 Å². The number of ether oxygens (including phenoxy) is 1. The summed E-state index contributed by atoms with van der Waals surface area (Å²) in [6.07, 6.45) is 1.78. The van der Waals surface area contributed by atoms with Crippen LogP contribution >= 0.6 is 0 Å². The number of fused-ring (bicyclic) bond motifs is 1. The first-order valence-electron chi connectivity index (χ1n) is 8.72. The number of rotatable bonds is 5. The minimum absolute atomic E-state index is 0.185. The number of aromatic amines is 2. The first kappa shape index (κ1) is 16.9. The molecule has 1 amide bonds. The quantitative estimate of drug-likeness (QED) is 0.502. The molecule has 3 N–H and O–H groups in total. The lowest BCUT2D eigenvalue weighted by molar-refractivity contribution is 0.0934. The smallest absolute Gasteiger partial charge is 0.268 e. The van der Waals surface area contributed by atoms with Gasteiger partial charge in [0.2, 0.25) is 0 Å². The van der Waals surface area contributed by atoms with Crippen molar-refractivity contribution < 1.29 is 9.53 Å². The molecule has 0 saturated carbocycles. The molecule has 6 nitrogen and oxygen atoms in total. The highest BCUT2D eigenvalue weighted by atomic mass is 16.5. The van der Waals surface area contributed by atoms with Gasteiger partial charge in [-0.2, -0.15) is 0 Å². The fourth-order valence-electron chi connectivity index (χ4n) is 3.02. The lowest BCUT2D eigenvalue weighted by atomic mass is 10.2. The second-order valence-electron chi connectivity index (χ2n) is 6.38. The van der Waals surface area contributed by atoms with E-state index < -0.39 is 0 Å².